The molecule has 0 aliphatic carbocycles. The third kappa shape index (κ3) is 5.96. The van der Waals surface area contributed by atoms with Crippen LogP contribution in [0.25, 0.3) is 5.57 Å². The molecule has 0 unspecified atom stereocenters. The first-order chi connectivity index (χ1) is 17.2. The quantitative estimate of drug-likeness (QED) is 0.432. The minimum atomic E-state index is -4.22. The predicted octanol–water partition coefficient (Wildman–Crippen LogP) is 4.50. The van der Waals surface area contributed by atoms with Crippen molar-refractivity contribution in [2.75, 3.05) is 20.3 Å². The van der Waals surface area contributed by atoms with Crippen molar-refractivity contribution in [3.63, 3.8) is 0 Å². The minimum Gasteiger partial charge on any atom is -0.495 e. The first-order valence-electron chi connectivity index (χ1n) is 10.6. The van der Waals surface area contributed by atoms with Gasteiger partial charge in [0.1, 0.15) is 10.6 Å². The molecule has 2 aromatic carbocycles. The van der Waals surface area contributed by atoms with Crippen LogP contribution in [0.4, 0.5) is 4.79 Å². The van der Waals surface area contributed by atoms with Crippen molar-refractivity contribution in [3.05, 3.63) is 80.6 Å². The molecule has 190 valence electrons. The molecule has 0 fully saturated rings. The van der Waals surface area contributed by atoms with E-state index in [4.69, 9.17) is 44.3 Å². The highest BCUT2D eigenvalue weighted by atomic mass is 35.5. The number of carbonyl (C=O) groups excluding carboxylic acids is 1. The second-order valence-corrected chi connectivity index (χ2v) is 10.7. The molecule has 1 aliphatic rings. The second kappa shape index (κ2) is 11.1. The van der Waals surface area contributed by atoms with Gasteiger partial charge in [0, 0.05) is 32.7 Å². The summed E-state index contributed by atoms with van der Waals surface area (Å²) >= 11 is 18.2. The van der Waals surface area contributed by atoms with E-state index in [2.05, 4.69) is 10.4 Å². The SMILES string of the molecule is COc1ccc(Cl)cc1S(=O)(=O)NC(=O)NC/C=C1\COCc2cnn(Cc3ccc(Cl)cc3Cl)c21. The van der Waals surface area contributed by atoms with Gasteiger partial charge in [-0.3, -0.25) is 4.68 Å². The zero-order chi connectivity index (χ0) is 25.9. The standard InChI is InChI=1S/C23H21Cl3N4O5S/c1-34-20-5-4-18(25)9-21(20)36(32,33)29-23(31)27-7-6-15-12-35-13-16-10-28-30(22(15)16)11-14-2-3-17(24)8-19(14)26/h2-6,8-10H,7,11-13H2,1H3,(H2,27,29,31)/b15-6+. The molecule has 0 radical (unpaired) electrons. The van der Waals surface area contributed by atoms with Crippen molar-refractivity contribution < 1.29 is 22.7 Å². The van der Waals surface area contributed by atoms with Crippen LogP contribution in [-0.2, 0) is 27.9 Å². The summed E-state index contributed by atoms with van der Waals surface area (Å²) in [6.45, 7) is 1.15. The topological polar surface area (TPSA) is 112 Å². The van der Waals surface area contributed by atoms with Crippen molar-refractivity contribution in [2.24, 2.45) is 0 Å². The van der Waals surface area contributed by atoms with Gasteiger partial charge in [0.25, 0.3) is 10.0 Å². The molecule has 0 spiro atoms. The fourth-order valence-corrected chi connectivity index (χ4v) is 5.50. The fourth-order valence-electron chi connectivity index (χ4n) is 3.67. The van der Waals surface area contributed by atoms with Crippen molar-refractivity contribution in [1.29, 1.82) is 0 Å². The Bertz CT molecular complexity index is 1440. The lowest BCUT2D eigenvalue weighted by molar-refractivity contribution is 0.145. The van der Waals surface area contributed by atoms with Gasteiger partial charge >= 0.3 is 6.03 Å². The van der Waals surface area contributed by atoms with Crippen molar-refractivity contribution in [2.45, 2.75) is 18.0 Å². The van der Waals surface area contributed by atoms with E-state index in [-0.39, 0.29) is 22.2 Å². The van der Waals surface area contributed by atoms with E-state index < -0.39 is 16.1 Å². The van der Waals surface area contributed by atoms with Gasteiger partial charge in [0.2, 0.25) is 0 Å². The molecule has 0 atom stereocenters. The molecule has 13 heteroatoms. The number of amides is 2. The number of ether oxygens (including phenoxy) is 2. The number of methoxy groups -OCH3 is 1. The number of sulfonamides is 1. The Hall–Kier alpha value is -2.76. The molecule has 1 aromatic heterocycles. The molecule has 2 heterocycles. The molecule has 36 heavy (non-hydrogen) atoms. The summed E-state index contributed by atoms with van der Waals surface area (Å²) < 4.78 is 39.8. The van der Waals surface area contributed by atoms with Gasteiger partial charge in [0.05, 0.1) is 38.8 Å². The molecule has 0 saturated carbocycles. The van der Waals surface area contributed by atoms with E-state index >= 15 is 0 Å². The first-order valence-corrected chi connectivity index (χ1v) is 13.2. The number of nitrogens with zero attached hydrogens (tertiary/aromatic N) is 2. The molecule has 4 rings (SSSR count). The number of fused-ring (bicyclic) bond motifs is 1. The summed E-state index contributed by atoms with van der Waals surface area (Å²) in [7, 11) is -2.90. The number of hydrogen-bond acceptors (Lipinski definition) is 6. The zero-order valence-electron chi connectivity index (χ0n) is 18.9. The zero-order valence-corrected chi connectivity index (χ0v) is 22.0. The number of urea groups is 1. The Morgan fingerprint density at radius 2 is 1.92 bits per heavy atom. The average Bonchev–Trinajstić information content (AvgIpc) is 3.24. The highest BCUT2D eigenvalue weighted by Gasteiger charge is 2.23. The summed E-state index contributed by atoms with van der Waals surface area (Å²) in [6.07, 6.45) is 3.46. The molecule has 1 aliphatic heterocycles. The number of hydrogen-bond donors (Lipinski definition) is 2. The number of nitrogens with one attached hydrogen (secondary N) is 2. The molecule has 3 aromatic rings. The number of benzene rings is 2. The van der Waals surface area contributed by atoms with Crippen LogP contribution in [0.1, 0.15) is 16.8 Å². The maximum atomic E-state index is 12.7. The Balaban J connectivity index is 1.46. The lowest BCUT2D eigenvalue weighted by Gasteiger charge is -2.19. The van der Waals surface area contributed by atoms with Gasteiger partial charge in [0.15, 0.2) is 0 Å². The van der Waals surface area contributed by atoms with Crippen LogP contribution in [0.3, 0.4) is 0 Å². The Morgan fingerprint density at radius 1 is 1.17 bits per heavy atom. The summed E-state index contributed by atoms with van der Waals surface area (Å²) in [6, 6.07) is 8.44. The van der Waals surface area contributed by atoms with Gasteiger partial charge in [-0.05, 0) is 35.9 Å². The van der Waals surface area contributed by atoms with Crippen LogP contribution in [0.5, 0.6) is 5.75 Å². The van der Waals surface area contributed by atoms with E-state index in [0.29, 0.717) is 29.8 Å². The molecular weight excluding hydrogens is 551 g/mol. The second-order valence-electron chi connectivity index (χ2n) is 7.74. The maximum absolute atomic E-state index is 12.7. The fraction of sp³-hybridized carbons (Fsp3) is 0.217. The van der Waals surface area contributed by atoms with Crippen molar-refractivity contribution >= 4 is 56.4 Å². The van der Waals surface area contributed by atoms with E-state index in [0.717, 1.165) is 22.4 Å². The summed E-state index contributed by atoms with van der Waals surface area (Å²) in [5.74, 6) is 0.0581. The Morgan fingerprint density at radius 3 is 2.67 bits per heavy atom. The smallest absolute Gasteiger partial charge is 0.328 e. The van der Waals surface area contributed by atoms with Crippen LogP contribution in [0.2, 0.25) is 15.1 Å². The molecular formula is C23H21Cl3N4O5S. The van der Waals surface area contributed by atoms with Crippen LogP contribution in [0, 0.1) is 0 Å². The van der Waals surface area contributed by atoms with Gasteiger partial charge in [-0.2, -0.15) is 5.10 Å². The van der Waals surface area contributed by atoms with Crippen LogP contribution in [0.15, 0.2) is 53.6 Å². The molecule has 2 N–H and O–H groups in total. The van der Waals surface area contributed by atoms with Gasteiger partial charge in [-0.25, -0.2) is 17.9 Å². The summed E-state index contributed by atoms with van der Waals surface area (Å²) in [5, 5.41) is 8.23. The molecule has 0 bridgehead atoms. The average molecular weight is 572 g/mol. The minimum absolute atomic E-state index is 0.0407. The highest BCUT2D eigenvalue weighted by Crippen LogP contribution is 2.29. The highest BCUT2D eigenvalue weighted by molar-refractivity contribution is 7.90. The van der Waals surface area contributed by atoms with Gasteiger partial charge in [-0.15, -0.1) is 0 Å². The lowest BCUT2D eigenvalue weighted by atomic mass is 10.1. The molecule has 2 amide bonds. The van der Waals surface area contributed by atoms with E-state index in [1.54, 1.807) is 29.1 Å². The summed E-state index contributed by atoms with van der Waals surface area (Å²) in [5.41, 5.74) is 3.37. The third-order valence-corrected chi connectivity index (χ3v) is 7.50. The van der Waals surface area contributed by atoms with Crippen LogP contribution in [-0.4, -0.2) is 44.5 Å². The van der Waals surface area contributed by atoms with Gasteiger partial charge in [-0.1, -0.05) is 46.9 Å². The normalized spacial score (nSPS) is 14.4. The predicted molar refractivity (Wildman–Crippen MR) is 137 cm³/mol. The van der Waals surface area contributed by atoms with Gasteiger partial charge < -0.3 is 14.8 Å². The number of rotatable bonds is 7. The lowest BCUT2D eigenvalue weighted by Crippen LogP contribution is -2.39. The Kier molecular flexibility index (Phi) is 8.11. The first kappa shape index (κ1) is 26.3. The van der Waals surface area contributed by atoms with Crippen LogP contribution >= 0.6 is 34.8 Å². The van der Waals surface area contributed by atoms with Crippen molar-refractivity contribution in [3.8, 4) is 5.75 Å². The molecule has 9 nitrogen and oxygen atoms in total. The van der Waals surface area contributed by atoms with E-state index in [1.807, 2.05) is 10.8 Å². The maximum Gasteiger partial charge on any atom is 0.328 e. The van der Waals surface area contributed by atoms with E-state index in [1.165, 1.54) is 25.3 Å². The molecule has 0 saturated heterocycles. The largest absolute Gasteiger partial charge is 0.495 e. The van der Waals surface area contributed by atoms with E-state index in [9.17, 15) is 13.2 Å². The summed E-state index contributed by atoms with van der Waals surface area (Å²) in [4.78, 5) is 12.1. The third-order valence-electron chi connectivity index (χ3n) is 5.32. The monoisotopic (exact) mass is 570 g/mol. The number of carbonyl (C=O) groups is 1. The number of halogens is 3. The van der Waals surface area contributed by atoms with Crippen LogP contribution < -0.4 is 14.8 Å². The number of aromatic nitrogens is 2. The van der Waals surface area contributed by atoms with Crippen molar-refractivity contribution in [1.82, 2.24) is 19.8 Å². The Labute approximate surface area is 223 Å².